The van der Waals surface area contributed by atoms with Crippen LogP contribution in [0.25, 0.3) is 0 Å². The van der Waals surface area contributed by atoms with E-state index >= 15 is 0 Å². The van der Waals surface area contributed by atoms with Crippen LogP contribution >= 0.6 is 0 Å². The topological polar surface area (TPSA) is 176 Å². The SMILES string of the molecule is CO[C@H]1C[C@H](O[C@H]2[C@H](C)O[C@@H](O[C@@H]3/C(C)=C/C[C@@H]4C[C@@H](C[C@]5(C=C[C@H](C)[C@@H](C(C)C)O5)O4)OC(=O)[C@@H]4C=C(C)[C@@H](O)[C@H]5OC/C(=C\C=C\[C@@H]3C)[C@]54O)C[C@@H]2OC)O[C@@H](C)[C@H]1N. The van der Waals surface area contributed by atoms with E-state index in [2.05, 4.69) is 39.8 Å². The lowest BCUT2D eigenvalue weighted by molar-refractivity contribution is -0.311. The molecular weight excluding hydrogens is 787 g/mol. The number of ether oxygens (including phenoxy) is 10. The van der Waals surface area contributed by atoms with Crippen molar-refractivity contribution in [2.75, 3.05) is 20.8 Å². The molecule has 0 aromatic rings. The maximum absolute atomic E-state index is 14.3. The fourth-order valence-corrected chi connectivity index (χ4v) is 10.5. The monoisotopic (exact) mass is 857 g/mol. The number of rotatable bonds is 7. The molecule has 1 aliphatic carbocycles. The van der Waals surface area contributed by atoms with Crippen LogP contribution in [0.15, 0.2) is 59.3 Å². The lowest BCUT2D eigenvalue weighted by atomic mass is 9.71. The van der Waals surface area contributed by atoms with Gasteiger partial charge in [-0.25, -0.2) is 0 Å². The summed E-state index contributed by atoms with van der Waals surface area (Å²) in [5.74, 6) is -2.58. The minimum absolute atomic E-state index is 0.0375. The number of nitrogens with two attached hydrogens (primary N) is 1. The molecule has 0 unspecified atom stereocenters. The molecule has 4 fully saturated rings. The number of carbonyl (C=O) groups excluding carboxylic acids is 1. The summed E-state index contributed by atoms with van der Waals surface area (Å²) in [5.41, 5.74) is 6.48. The highest BCUT2D eigenvalue weighted by atomic mass is 16.7. The van der Waals surface area contributed by atoms with Gasteiger partial charge in [0.05, 0.1) is 55.4 Å². The summed E-state index contributed by atoms with van der Waals surface area (Å²) < 4.78 is 63.8. The molecule has 14 heteroatoms. The standard InChI is InChI=1S/C47H71NO13/c1-24(2)41-27(5)16-17-46(61-41)22-33-19-32(60-46)15-14-26(4)42(25(3)12-11-13-31-23-54-44-40(49)28(6)18-34(45(50)57-33)47(31,44)51)58-38-21-36(53-10)43(30(8)56-38)59-37-20-35(52-9)39(48)29(7)55-37/h11-14,16-18,24-25,27,29-30,32-44,49,51H,15,19-23,48H2,1-10H3/b12-11+,26-14+,31-13+/t25-,27-,29-,30-,32+,33-,34-,35-,36-,37-,38-,39+,40+,41+,42-,43-,44+,46+,47+/m0/s1. The van der Waals surface area contributed by atoms with Crippen LogP contribution in [0.5, 0.6) is 0 Å². The Morgan fingerprint density at radius 3 is 2.31 bits per heavy atom. The molecule has 7 aliphatic rings. The molecule has 6 heterocycles. The Labute approximate surface area is 361 Å². The van der Waals surface area contributed by atoms with E-state index in [4.69, 9.17) is 53.1 Å². The zero-order valence-corrected chi connectivity index (χ0v) is 37.6. The van der Waals surface area contributed by atoms with Gasteiger partial charge in [-0.2, -0.15) is 0 Å². The van der Waals surface area contributed by atoms with Gasteiger partial charge in [-0.05, 0) is 62.8 Å². The molecule has 0 amide bonds. The zero-order valence-electron chi connectivity index (χ0n) is 37.6. The van der Waals surface area contributed by atoms with Gasteiger partial charge < -0.3 is 63.3 Å². The second-order valence-electron chi connectivity index (χ2n) is 18.9. The number of hydrogen-bond acceptors (Lipinski definition) is 14. The Kier molecular flexibility index (Phi) is 14.6. The molecule has 14 nitrogen and oxygen atoms in total. The van der Waals surface area contributed by atoms with Gasteiger partial charge in [-0.15, -0.1) is 0 Å². The summed E-state index contributed by atoms with van der Waals surface area (Å²) in [4.78, 5) is 14.3. The third-order valence-electron chi connectivity index (χ3n) is 14.1. The molecular formula is C47H71NO13. The fourth-order valence-electron chi connectivity index (χ4n) is 10.5. The van der Waals surface area contributed by atoms with E-state index in [1.807, 2.05) is 39.0 Å². The van der Waals surface area contributed by atoms with Crippen LogP contribution in [0, 0.1) is 23.7 Å². The van der Waals surface area contributed by atoms with Gasteiger partial charge >= 0.3 is 5.97 Å². The molecule has 61 heavy (non-hydrogen) atoms. The second kappa shape index (κ2) is 19.0. The summed E-state index contributed by atoms with van der Waals surface area (Å²) in [6, 6.07) is -0.256. The summed E-state index contributed by atoms with van der Waals surface area (Å²) in [6.45, 7) is 16.2. The number of carbonyl (C=O) groups is 1. The first-order valence-electron chi connectivity index (χ1n) is 22.4. The fraction of sp³-hybridized carbons (Fsp3) is 0.766. The summed E-state index contributed by atoms with van der Waals surface area (Å²) in [5, 5.41) is 23.7. The molecule has 2 bridgehead atoms. The summed E-state index contributed by atoms with van der Waals surface area (Å²) in [6.07, 6.45) is 9.21. The van der Waals surface area contributed by atoms with Crippen LogP contribution in [0.1, 0.15) is 87.5 Å². The third-order valence-corrected chi connectivity index (χ3v) is 14.1. The van der Waals surface area contributed by atoms with Crippen LogP contribution in [-0.2, 0) is 52.2 Å². The van der Waals surface area contributed by atoms with Gasteiger partial charge in [-0.1, -0.05) is 64.2 Å². The van der Waals surface area contributed by atoms with E-state index < -0.39 is 72.5 Å². The predicted molar refractivity (Wildman–Crippen MR) is 225 cm³/mol. The molecule has 4 N–H and O–H groups in total. The van der Waals surface area contributed by atoms with Crippen molar-refractivity contribution >= 4 is 5.97 Å². The lowest BCUT2D eigenvalue weighted by Gasteiger charge is -2.48. The summed E-state index contributed by atoms with van der Waals surface area (Å²) >= 11 is 0. The number of fused-ring (bicyclic) bond motifs is 2. The Hall–Kier alpha value is -2.31. The van der Waals surface area contributed by atoms with Gasteiger partial charge in [0.15, 0.2) is 18.4 Å². The van der Waals surface area contributed by atoms with E-state index in [0.29, 0.717) is 43.3 Å². The van der Waals surface area contributed by atoms with E-state index in [9.17, 15) is 15.0 Å². The molecule has 19 atom stereocenters. The molecule has 7 rings (SSSR count). The smallest absolute Gasteiger partial charge is 0.316 e. The van der Waals surface area contributed by atoms with Crippen molar-refractivity contribution in [2.24, 2.45) is 29.4 Å². The molecule has 4 saturated heterocycles. The highest BCUT2D eigenvalue weighted by molar-refractivity contribution is 5.78. The number of esters is 1. The zero-order chi connectivity index (χ0) is 44.0. The van der Waals surface area contributed by atoms with Crippen molar-refractivity contribution in [1.82, 2.24) is 0 Å². The molecule has 0 aromatic heterocycles. The molecule has 6 aliphatic heterocycles. The first kappa shape index (κ1) is 46.7. The average Bonchev–Trinajstić information content (AvgIpc) is 3.56. The molecule has 0 saturated carbocycles. The van der Waals surface area contributed by atoms with Gasteiger partial charge in [0.2, 0.25) is 0 Å². The maximum Gasteiger partial charge on any atom is 0.316 e. The second-order valence-corrected chi connectivity index (χ2v) is 18.9. The lowest BCUT2D eigenvalue weighted by Crippen LogP contribution is -2.58. The van der Waals surface area contributed by atoms with Crippen molar-refractivity contribution in [3.05, 3.63) is 59.3 Å². The average molecular weight is 858 g/mol. The Bertz CT molecular complexity index is 1710. The van der Waals surface area contributed by atoms with Crippen LogP contribution in [-0.4, -0.2) is 134 Å². The van der Waals surface area contributed by atoms with Crippen molar-refractivity contribution in [3.63, 3.8) is 0 Å². The van der Waals surface area contributed by atoms with Crippen molar-refractivity contribution in [1.29, 1.82) is 0 Å². The normalized spacial score (nSPS) is 49.3. The highest BCUT2D eigenvalue weighted by Gasteiger charge is 2.60. The number of aliphatic hydroxyl groups excluding tert-OH is 1. The van der Waals surface area contributed by atoms with E-state index in [1.165, 1.54) is 0 Å². The largest absolute Gasteiger partial charge is 0.462 e. The van der Waals surface area contributed by atoms with Crippen LogP contribution in [0.3, 0.4) is 0 Å². The predicted octanol–water partition coefficient (Wildman–Crippen LogP) is 4.95. The van der Waals surface area contributed by atoms with E-state index in [0.717, 1.165) is 5.57 Å². The van der Waals surface area contributed by atoms with Crippen LogP contribution < -0.4 is 5.73 Å². The van der Waals surface area contributed by atoms with Crippen molar-refractivity contribution in [2.45, 2.75) is 185 Å². The Balaban J connectivity index is 1.18. The Morgan fingerprint density at radius 1 is 0.885 bits per heavy atom. The maximum atomic E-state index is 14.3. The number of hydrogen-bond donors (Lipinski definition) is 3. The minimum atomic E-state index is -1.83. The van der Waals surface area contributed by atoms with E-state index in [1.54, 1.807) is 33.3 Å². The highest BCUT2D eigenvalue weighted by Crippen LogP contribution is 2.47. The van der Waals surface area contributed by atoms with E-state index in [-0.39, 0.29) is 60.9 Å². The van der Waals surface area contributed by atoms with Gasteiger partial charge in [0.25, 0.3) is 0 Å². The first-order valence-corrected chi connectivity index (χ1v) is 22.4. The first-order chi connectivity index (χ1) is 29.0. The number of aliphatic hydroxyl groups is 2. The van der Waals surface area contributed by atoms with Gasteiger partial charge in [0.1, 0.15) is 35.9 Å². The summed E-state index contributed by atoms with van der Waals surface area (Å²) in [7, 11) is 3.32. The number of methoxy groups -OCH3 is 2. The molecule has 0 aromatic carbocycles. The van der Waals surface area contributed by atoms with Crippen LogP contribution in [0.4, 0.5) is 0 Å². The quantitative estimate of drug-likeness (QED) is 0.232. The third kappa shape index (κ3) is 9.58. The number of allylic oxidation sites excluding steroid dienone is 2. The van der Waals surface area contributed by atoms with Crippen LogP contribution in [0.2, 0.25) is 0 Å². The Morgan fingerprint density at radius 2 is 1.59 bits per heavy atom. The van der Waals surface area contributed by atoms with Crippen molar-refractivity contribution in [3.8, 4) is 0 Å². The van der Waals surface area contributed by atoms with Crippen molar-refractivity contribution < 1.29 is 62.4 Å². The van der Waals surface area contributed by atoms with Gasteiger partial charge in [0, 0.05) is 51.7 Å². The van der Waals surface area contributed by atoms with Gasteiger partial charge in [-0.3, -0.25) is 4.79 Å². The molecule has 342 valence electrons. The minimum Gasteiger partial charge on any atom is -0.462 e. The molecule has 0 radical (unpaired) electrons. The molecule has 1 spiro atoms.